The summed E-state index contributed by atoms with van der Waals surface area (Å²) in [6.45, 7) is 0. The number of rotatable bonds is 3. The standard InChI is InChI=1S/C15H8F2N2O2S3/c16-10-4-3-8(6-11(10)17)13(20)18-19-14(21)12(24-15(19)22)7-9-2-1-5-23-9/h1-7H,(H,18,20)/b12-7-. The molecule has 0 spiro atoms. The molecule has 1 aromatic carbocycles. The van der Waals surface area contributed by atoms with E-state index < -0.39 is 23.4 Å². The van der Waals surface area contributed by atoms with Crippen LogP contribution in [0.2, 0.25) is 0 Å². The zero-order valence-corrected chi connectivity index (χ0v) is 14.2. The summed E-state index contributed by atoms with van der Waals surface area (Å²) >= 11 is 7.60. The fraction of sp³-hybridized carbons (Fsp3) is 0. The van der Waals surface area contributed by atoms with Crippen molar-refractivity contribution < 1.29 is 18.4 Å². The van der Waals surface area contributed by atoms with Crippen molar-refractivity contribution in [3.05, 3.63) is 62.7 Å². The number of carbonyl (C=O) groups is 2. The molecule has 9 heteroatoms. The second-order valence-corrected chi connectivity index (χ2v) is 7.26. The lowest BCUT2D eigenvalue weighted by Crippen LogP contribution is -2.44. The molecule has 3 rings (SSSR count). The van der Waals surface area contributed by atoms with E-state index in [4.69, 9.17) is 12.2 Å². The molecule has 1 aliphatic heterocycles. The van der Waals surface area contributed by atoms with Crippen molar-refractivity contribution in [1.29, 1.82) is 0 Å². The molecule has 24 heavy (non-hydrogen) atoms. The van der Waals surface area contributed by atoms with Crippen LogP contribution in [0, 0.1) is 11.6 Å². The van der Waals surface area contributed by atoms with Gasteiger partial charge in [0.05, 0.1) is 4.91 Å². The Labute approximate surface area is 149 Å². The fourth-order valence-electron chi connectivity index (χ4n) is 1.87. The molecule has 1 N–H and O–H groups in total. The molecule has 0 bridgehead atoms. The summed E-state index contributed by atoms with van der Waals surface area (Å²) in [5, 5.41) is 2.79. The van der Waals surface area contributed by atoms with Gasteiger partial charge < -0.3 is 0 Å². The van der Waals surface area contributed by atoms with Crippen molar-refractivity contribution in [3.63, 3.8) is 0 Å². The van der Waals surface area contributed by atoms with Crippen LogP contribution in [0.5, 0.6) is 0 Å². The highest BCUT2D eigenvalue weighted by molar-refractivity contribution is 8.26. The lowest BCUT2D eigenvalue weighted by molar-refractivity contribution is -0.123. The normalized spacial score (nSPS) is 16.1. The number of thioether (sulfide) groups is 1. The third-order valence-corrected chi connectivity index (χ3v) is 5.13. The van der Waals surface area contributed by atoms with Crippen LogP contribution in [0.4, 0.5) is 8.78 Å². The van der Waals surface area contributed by atoms with Gasteiger partial charge in [-0.25, -0.2) is 8.78 Å². The maximum Gasteiger partial charge on any atom is 0.285 e. The first kappa shape index (κ1) is 16.7. The lowest BCUT2D eigenvalue weighted by atomic mass is 10.2. The zero-order chi connectivity index (χ0) is 17.3. The Morgan fingerprint density at radius 2 is 2.04 bits per heavy atom. The molecule has 4 nitrogen and oxygen atoms in total. The number of nitrogens with zero attached hydrogens (tertiary/aromatic N) is 1. The number of benzene rings is 1. The van der Waals surface area contributed by atoms with E-state index in [1.165, 1.54) is 11.3 Å². The van der Waals surface area contributed by atoms with E-state index >= 15 is 0 Å². The zero-order valence-electron chi connectivity index (χ0n) is 11.8. The molecule has 0 aliphatic carbocycles. The van der Waals surface area contributed by atoms with Crippen LogP contribution < -0.4 is 5.43 Å². The molecule has 2 aromatic rings. The first-order valence-electron chi connectivity index (χ1n) is 6.53. The van der Waals surface area contributed by atoms with Gasteiger partial charge in [-0.1, -0.05) is 17.8 Å². The van der Waals surface area contributed by atoms with Gasteiger partial charge in [0, 0.05) is 10.4 Å². The van der Waals surface area contributed by atoms with Crippen LogP contribution in [-0.4, -0.2) is 21.1 Å². The van der Waals surface area contributed by atoms with Crippen LogP contribution in [0.3, 0.4) is 0 Å². The Balaban J connectivity index is 1.77. The topological polar surface area (TPSA) is 49.4 Å². The van der Waals surface area contributed by atoms with E-state index in [-0.39, 0.29) is 9.88 Å². The first-order chi connectivity index (χ1) is 11.5. The van der Waals surface area contributed by atoms with E-state index in [9.17, 15) is 18.4 Å². The molecule has 0 unspecified atom stereocenters. The van der Waals surface area contributed by atoms with Crippen molar-refractivity contribution in [2.75, 3.05) is 0 Å². The maximum absolute atomic E-state index is 13.2. The SMILES string of the molecule is O=C(NN1C(=O)/C(=C/c2cccs2)SC1=S)c1ccc(F)c(F)c1. The van der Waals surface area contributed by atoms with Crippen LogP contribution in [-0.2, 0) is 4.79 Å². The molecule has 1 aliphatic rings. The number of thiocarbonyl (C=S) groups is 1. The molecule has 0 radical (unpaired) electrons. The second-order valence-electron chi connectivity index (χ2n) is 4.60. The number of hydrogen-bond donors (Lipinski definition) is 1. The Kier molecular flexibility index (Phi) is 4.74. The first-order valence-corrected chi connectivity index (χ1v) is 8.63. The smallest absolute Gasteiger partial charge is 0.267 e. The van der Waals surface area contributed by atoms with Crippen molar-refractivity contribution in [3.8, 4) is 0 Å². The summed E-state index contributed by atoms with van der Waals surface area (Å²) in [5.41, 5.74) is 2.19. The average molecular weight is 382 g/mol. The molecular weight excluding hydrogens is 374 g/mol. The summed E-state index contributed by atoms with van der Waals surface area (Å²) in [6, 6.07) is 6.40. The van der Waals surface area contributed by atoms with Gasteiger partial charge in [0.2, 0.25) is 0 Å². The van der Waals surface area contributed by atoms with Gasteiger partial charge in [-0.15, -0.1) is 11.3 Å². The highest BCUT2D eigenvalue weighted by Crippen LogP contribution is 2.32. The molecule has 2 amide bonds. The molecule has 1 fully saturated rings. The summed E-state index contributed by atoms with van der Waals surface area (Å²) in [4.78, 5) is 25.7. The van der Waals surface area contributed by atoms with Crippen LogP contribution in [0.15, 0.2) is 40.6 Å². The monoisotopic (exact) mass is 382 g/mol. The molecule has 0 atom stereocenters. The van der Waals surface area contributed by atoms with Crippen LogP contribution >= 0.6 is 35.3 Å². The third kappa shape index (κ3) is 3.37. The van der Waals surface area contributed by atoms with Gasteiger partial charge in [0.15, 0.2) is 16.0 Å². The van der Waals surface area contributed by atoms with Gasteiger partial charge in [0.25, 0.3) is 11.8 Å². The molecule has 1 saturated heterocycles. The van der Waals surface area contributed by atoms with Crippen molar-refractivity contribution in [2.45, 2.75) is 0 Å². The Morgan fingerprint density at radius 1 is 1.25 bits per heavy atom. The van der Waals surface area contributed by atoms with Gasteiger partial charge in [0.1, 0.15) is 0 Å². The molecule has 1 aromatic heterocycles. The minimum Gasteiger partial charge on any atom is -0.267 e. The number of carbonyl (C=O) groups excluding carboxylic acids is 2. The molecular formula is C15H8F2N2O2S3. The predicted octanol–water partition coefficient (Wildman–Crippen LogP) is 3.57. The number of thiophene rings is 1. The summed E-state index contributed by atoms with van der Waals surface area (Å²) in [5.74, 6) is -3.45. The molecule has 0 saturated carbocycles. The van der Waals surface area contributed by atoms with Crippen molar-refractivity contribution in [2.24, 2.45) is 0 Å². The Hall–Kier alpha value is -2.10. The Morgan fingerprint density at radius 3 is 2.71 bits per heavy atom. The molecule has 2 heterocycles. The number of halogens is 2. The van der Waals surface area contributed by atoms with Crippen LogP contribution in [0.1, 0.15) is 15.2 Å². The molecule has 122 valence electrons. The summed E-state index contributed by atoms with van der Waals surface area (Å²) in [7, 11) is 0. The number of hydrogen-bond acceptors (Lipinski definition) is 5. The largest absolute Gasteiger partial charge is 0.285 e. The van der Waals surface area contributed by atoms with E-state index in [1.54, 1.807) is 6.08 Å². The van der Waals surface area contributed by atoms with Crippen molar-refractivity contribution in [1.82, 2.24) is 10.4 Å². The van der Waals surface area contributed by atoms with Gasteiger partial charge in [-0.05, 0) is 47.9 Å². The lowest BCUT2D eigenvalue weighted by Gasteiger charge is -2.15. The number of nitrogens with one attached hydrogen (secondary N) is 1. The van der Waals surface area contributed by atoms with E-state index in [1.807, 2.05) is 17.5 Å². The highest BCUT2D eigenvalue weighted by Gasteiger charge is 2.33. The average Bonchev–Trinajstić information content (AvgIpc) is 3.14. The van der Waals surface area contributed by atoms with E-state index in [2.05, 4.69) is 5.43 Å². The summed E-state index contributed by atoms with van der Waals surface area (Å²) in [6.07, 6.45) is 1.67. The Bertz CT molecular complexity index is 866. The van der Waals surface area contributed by atoms with E-state index in [0.717, 1.165) is 39.8 Å². The van der Waals surface area contributed by atoms with E-state index in [0.29, 0.717) is 4.91 Å². The predicted molar refractivity (Wildman–Crippen MR) is 93.2 cm³/mol. The van der Waals surface area contributed by atoms with Crippen molar-refractivity contribution >= 4 is 57.5 Å². The van der Waals surface area contributed by atoms with Gasteiger partial charge >= 0.3 is 0 Å². The second kappa shape index (κ2) is 6.80. The van der Waals surface area contributed by atoms with Crippen LogP contribution in [0.25, 0.3) is 6.08 Å². The van der Waals surface area contributed by atoms with Gasteiger partial charge in [-0.3, -0.25) is 15.0 Å². The minimum absolute atomic E-state index is 0.120. The third-order valence-electron chi connectivity index (χ3n) is 3.01. The summed E-state index contributed by atoms with van der Waals surface area (Å²) < 4.78 is 26.3. The maximum atomic E-state index is 13.2. The quantitative estimate of drug-likeness (QED) is 0.651. The number of hydrazine groups is 1. The number of amides is 2. The van der Waals surface area contributed by atoms with Gasteiger partial charge in [-0.2, -0.15) is 5.01 Å². The fourth-order valence-corrected chi connectivity index (χ4v) is 3.77. The highest BCUT2D eigenvalue weighted by atomic mass is 32.2. The minimum atomic E-state index is -1.15.